The molecule has 5 heteroatoms. The lowest BCUT2D eigenvalue weighted by atomic mass is 10.1. The van der Waals surface area contributed by atoms with E-state index in [0.717, 1.165) is 11.8 Å². The molecule has 0 aliphatic rings. The van der Waals surface area contributed by atoms with Crippen LogP contribution >= 0.6 is 36.6 Å². The second kappa shape index (κ2) is 18.3. The Hall–Kier alpha value is 0.260. The molecule has 0 aromatic heterocycles. The average molecular weight is 353 g/mol. The SMILES string of the molecule is CC(SC(=S)S)C(=O)O.CCCCCCCCCCCC. The molecule has 2 nitrogen and oxygen atoms in total. The van der Waals surface area contributed by atoms with Gasteiger partial charge in [0, 0.05) is 0 Å². The Morgan fingerprint density at radius 2 is 1.33 bits per heavy atom. The number of carbonyl (C=O) groups is 1. The second-order valence-corrected chi connectivity index (χ2v) is 8.26. The number of thioether (sulfide) groups is 1. The topological polar surface area (TPSA) is 37.3 Å². The first-order valence-electron chi connectivity index (χ1n) is 8.08. The van der Waals surface area contributed by atoms with E-state index in [2.05, 4.69) is 38.7 Å². The van der Waals surface area contributed by atoms with Crippen LogP contribution in [0.1, 0.15) is 85.0 Å². The molecular formula is C16H32O2S3. The first-order chi connectivity index (χ1) is 9.95. The Labute approximate surface area is 146 Å². The molecule has 0 aliphatic carbocycles. The first kappa shape index (κ1) is 23.5. The highest BCUT2D eigenvalue weighted by atomic mass is 32.2. The first-order valence-corrected chi connectivity index (χ1v) is 9.81. The lowest BCUT2D eigenvalue weighted by Crippen LogP contribution is -2.11. The number of unbranched alkanes of at least 4 members (excludes halogenated alkanes) is 9. The van der Waals surface area contributed by atoms with Crippen molar-refractivity contribution >= 4 is 46.1 Å². The van der Waals surface area contributed by atoms with Gasteiger partial charge in [-0.05, 0) is 6.92 Å². The van der Waals surface area contributed by atoms with Gasteiger partial charge in [0.15, 0.2) is 0 Å². The summed E-state index contributed by atoms with van der Waals surface area (Å²) in [6.45, 7) is 6.12. The van der Waals surface area contributed by atoms with Crippen LogP contribution in [0, 0.1) is 0 Å². The van der Waals surface area contributed by atoms with Gasteiger partial charge in [0.1, 0.15) is 8.78 Å². The summed E-state index contributed by atoms with van der Waals surface area (Å²) in [5.74, 6) is -0.864. The summed E-state index contributed by atoms with van der Waals surface area (Å²) in [6.07, 6.45) is 14.4. The summed E-state index contributed by atoms with van der Waals surface area (Å²) < 4.78 is 0.366. The van der Waals surface area contributed by atoms with Crippen LogP contribution in [-0.4, -0.2) is 19.9 Å². The molecule has 0 radical (unpaired) electrons. The summed E-state index contributed by atoms with van der Waals surface area (Å²) in [4.78, 5) is 10.1. The van der Waals surface area contributed by atoms with Crippen molar-refractivity contribution in [1.29, 1.82) is 0 Å². The highest BCUT2D eigenvalue weighted by Crippen LogP contribution is 2.14. The zero-order chi connectivity index (χ0) is 16.5. The number of hydrogen-bond donors (Lipinski definition) is 2. The molecule has 0 fully saturated rings. The number of hydrogen-bond acceptors (Lipinski definition) is 3. The predicted molar refractivity (Wildman–Crippen MR) is 104 cm³/mol. The molecule has 0 aliphatic heterocycles. The van der Waals surface area contributed by atoms with E-state index in [1.165, 1.54) is 64.2 Å². The van der Waals surface area contributed by atoms with E-state index in [9.17, 15) is 4.79 Å². The maximum atomic E-state index is 10.1. The lowest BCUT2D eigenvalue weighted by molar-refractivity contribution is -0.136. The van der Waals surface area contributed by atoms with Crippen LogP contribution in [0.2, 0.25) is 0 Å². The van der Waals surface area contributed by atoms with Crippen molar-refractivity contribution < 1.29 is 9.90 Å². The highest BCUT2D eigenvalue weighted by Gasteiger charge is 2.11. The predicted octanol–water partition coefficient (Wildman–Crippen LogP) is 6.33. The van der Waals surface area contributed by atoms with Gasteiger partial charge in [0.2, 0.25) is 0 Å². The normalized spacial score (nSPS) is 11.4. The third kappa shape index (κ3) is 22.7. The summed E-state index contributed by atoms with van der Waals surface area (Å²) in [5.41, 5.74) is 0. The number of rotatable bonds is 11. The Morgan fingerprint density at radius 1 is 1.00 bits per heavy atom. The van der Waals surface area contributed by atoms with Gasteiger partial charge in [-0.25, -0.2) is 0 Å². The van der Waals surface area contributed by atoms with Crippen molar-refractivity contribution in [2.45, 2.75) is 90.2 Å². The monoisotopic (exact) mass is 352 g/mol. The van der Waals surface area contributed by atoms with Crippen LogP contribution in [0.15, 0.2) is 0 Å². The van der Waals surface area contributed by atoms with Crippen LogP contribution in [0.5, 0.6) is 0 Å². The highest BCUT2D eigenvalue weighted by molar-refractivity contribution is 8.42. The Balaban J connectivity index is 0. The van der Waals surface area contributed by atoms with Gasteiger partial charge < -0.3 is 5.11 Å². The van der Waals surface area contributed by atoms with E-state index in [-0.39, 0.29) is 0 Å². The average Bonchev–Trinajstić information content (AvgIpc) is 2.42. The Bertz CT molecular complexity index is 248. The van der Waals surface area contributed by atoms with Crippen LogP contribution in [-0.2, 0) is 4.79 Å². The van der Waals surface area contributed by atoms with Gasteiger partial charge >= 0.3 is 5.97 Å². The van der Waals surface area contributed by atoms with E-state index < -0.39 is 11.2 Å². The standard InChI is InChI=1S/C12H26.C4H6O2S3/c1-3-5-7-9-11-12-10-8-6-4-2;1-2(3(5)6)9-4(7)8/h3-12H2,1-2H3;2H,1H3,(H,5,6)(H,7,8). The van der Waals surface area contributed by atoms with Gasteiger partial charge in [-0.1, -0.05) is 102 Å². The second-order valence-electron chi connectivity index (χ2n) is 5.19. The molecule has 0 heterocycles. The van der Waals surface area contributed by atoms with Crippen molar-refractivity contribution in [3.05, 3.63) is 0 Å². The fourth-order valence-corrected chi connectivity index (χ4v) is 3.07. The summed E-state index contributed by atoms with van der Waals surface area (Å²) in [5, 5.41) is 7.83. The van der Waals surface area contributed by atoms with Crippen LogP contribution in [0.4, 0.5) is 0 Å². The molecule has 0 aromatic rings. The quantitative estimate of drug-likeness (QED) is 0.259. The molecule has 1 N–H and O–H groups in total. The number of thiocarbonyl (C=S) groups is 1. The third-order valence-electron chi connectivity index (χ3n) is 3.08. The molecule has 21 heavy (non-hydrogen) atoms. The minimum Gasteiger partial charge on any atom is -0.480 e. The molecule has 0 amide bonds. The fraction of sp³-hybridized carbons (Fsp3) is 0.875. The largest absolute Gasteiger partial charge is 0.480 e. The number of carboxylic acids is 1. The minimum absolute atomic E-state index is 0.366. The van der Waals surface area contributed by atoms with Crippen molar-refractivity contribution in [1.82, 2.24) is 0 Å². The molecule has 126 valence electrons. The molecule has 1 atom stereocenters. The van der Waals surface area contributed by atoms with E-state index in [0.29, 0.717) is 3.53 Å². The van der Waals surface area contributed by atoms with E-state index in [4.69, 9.17) is 5.11 Å². The van der Waals surface area contributed by atoms with Crippen LogP contribution in [0.3, 0.4) is 0 Å². The number of carboxylic acid groups (broad SMARTS) is 1. The fourth-order valence-electron chi connectivity index (χ4n) is 1.76. The van der Waals surface area contributed by atoms with Crippen molar-refractivity contribution in [3.8, 4) is 0 Å². The maximum Gasteiger partial charge on any atom is 0.316 e. The zero-order valence-corrected chi connectivity index (χ0v) is 16.3. The van der Waals surface area contributed by atoms with Gasteiger partial charge in [0.25, 0.3) is 0 Å². The van der Waals surface area contributed by atoms with Crippen LogP contribution in [0.25, 0.3) is 0 Å². The van der Waals surface area contributed by atoms with E-state index in [1.807, 2.05) is 0 Å². The smallest absolute Gasteiger partial charge is 0.316 e. The summed E-state index contributed by atoms with van der Waals surface area (Å²) in [6, 6.07) is 0. The number of aliphatic carboxylic acids is 1. The molecule has 0 bridgehead atoms. The summed E-state index contributed by atoms with van der Waals surface area (Å²) >= 11 is 9.38. The van der Waals surface area contributed by atoms with Gasteiger partial charge in [-0.3, -0.25) is 4.79 Å². The molecule has 1 unspecified atom stereocenters. The van der Waals surface area contributed by atoms with Crippen molar-refractivity contribution in [3.63, 3.8) is 0 Å². The van der Waals surface area contributed by atoms with Crippen molar-refractivity contribution in [2.75, 3.05) is 0 Å². The zero-order valence-electron chi connectivity index (χ0n) is 13.8. The summed E-state index contributed by atoms with van der Waals surface area (Å²) in [7, 11) is 0. The molecular weight excluding hydrogens is 320 g/mol. The Morgan fingerprint density at radius 3 is 1.52 bits per heavy atom. The van der Waals surface area contributed by atoms with E-state index >= 15 is 0 Å². The number of thiol groups is 1. The van der Waals surface area contributed by atoms with Crippen LogP contribution < -0.4 is 0 Å². The van der Waals surface area contributed by atoms with Gasteiger partial charge in [-0.2, -0.15) is 0 Å². The molecule has 0 saturated heterocycles. The third-order valence-corrected chi connectivity index (χ3v) is 4.44. The molecule has 0 aromatic carbocycles. The molecule has 0 saturated carbocycles. The molecule has 0 spiro atoms. The Kier molecular flexibility index (Phi) is 20.5. The van der Waals surface area contributed by atoms with Gasteiger partial charge in [0.05, 0.1) is 0 Å². The lowest BCUT2D eigenvalue weighted by Gasteiger charge is -2.00. The minimum atomic E-state index is -0.864. The van der Waals surface area contributed by atoms with Gasteiger partial charge in [-0.15, -0.1) is 12.6 Å². The maximum absolute atomic E-state index is 10.1. The van der Waals surface area contributed by atoms with Crippen molar-refractivity contribution in [2.24, 2.45) is 0 Å². The molecule has 0 rings (SSSR count). The van der Waals surface area contributed by atoms with E-state index in [1.54, 1.807) is 6.92 Å².